The summed E-state index contributed by atoms with van der Waals surface area (Å²) in [5, 5.41) is 0. The molecule has 1 unspecified atom stereocenters. The zero-order valence-electron chi connectivity index (χ0n) is 9.69. The summed E-state index contributed by atoms with van der Waals surface area (Å²) >= 11 is 0. The van der Waals surface area contributed by atoms with Crippen molar-refractivity contribution < 1.29 is 0 Å². The molecule has 0 radical (unpaired) electrons. The lowest BCUT2D eigenvalue weighted by molar-refractivity contribution is 1.15. The maximum atomic E-state index is 5.67. The molecule has 0 aliphatic heterocycles. The van der Waals surface area contributed by atoms with E-state index in [1.165, 1.54) is 10.4 Å². The van der Waals surface area contributed by atoms with Crippen LogP contribution in [0, 0.1) is 0 Å². The lowest BCUT2D eigenvalue weighted by Crippen LogP contribution is -2.07. The summed E-state index contributed by atoms with van der Waals surface area (Å²) in [5.74, 6) is 2.05. The lowest BCUT2D eigenvalue weighted by Gasteiger charge is -2.12. The van der Waals surface area contributed by atoms with Gasteiger partial charge in [-0.1, -0.05) is 41.1 Å². The Balaban J connectivity index is 2.87. The van der Waals surface area contributed by atoms with Crippen molar-refractivity contribution in [2.45, 2.75) is 6.92 Å². The monoisotopic (exact) mass is 256 g/mol. The van der Waals surface area contributed by atoms with Crippen molar-refractivity contribution in [3.8, 4) is 0 Å². The number of nitrogens with two attached hydrogens (primary N) is 2. The minimum Gasteiger partial charge on any atom is -0.330 e. The fraction of sp³-hybridized carbons (Fsp3) is 0.417. The van der Waals surface area contributed by atoms with Crippen LogP contribution in [-0.2, 0) is 0 Å². The Labute approximate surface area is 104 Å². The van der Waals surface area contributed by atoms with Gasteiger partial charge in [0, 0.05) is 24.6 Å². The second-order valence-corrected chi connectivity index (χ2v) is 7.64. The lowest BCUT2D eigenvalue weighted by atomic mass is 10.2. The normalized spacial score (nSPS) is 13.6. The average Bonchev–Trinajstić information content (AvgIpc) is 2.35. The Morgan fingerprint density at radius 3 is 2.44 bits per heavy atom. The Morgan fingerprint density at radius 1 is 1.19 bits per heavy atom. The van der Waals surface area contributed by atoms with Crippen LogP contribution in [0.25, 0.3) is 0 Å². The molecule has 1 aromatic rings. The Morgan fingerprint density at radius 2 is 1.88 bits per heavy atom. The number of benzene rings is 1. The van der Waals surface area contributed by atoms with E-state index in [4.69, 9.17) is 11.5 Å². The molecule has 0 heterocycles. The number of hydrogen-bond acceptors (Lipinski definition) is 3. The largest absolute Gasteiger partial charge is 0.330 e. The number of hydrogen-bond donors (Lipinski definition) is 2. The molecule has 0 saturated heterocycles. The first-order valence-corrected chi connectivity index (χ1v) is 8.32. The molecular formula is C12H20N2S2. The van der Waals surface area contributed by atoms with Gasteiger partial charge in [-0.2, -0.15) is 0 Å². The Kier molecular flexibility index (Phi) is 6.80. The van der Waals surface area contributed by atoms with Crippen molar-refractivity contribution in [3.05, 3.63) is 35.9 Å². The molecule has 2 nitrogen and oxygen atoms in total. The zero-order valence-corrected chi connectivity index (χ0v) is 11.3. The van der Waals surface area contributed by atoms with Crippen molar-refractivity contribution in [1.29, 1.82) is 0 Å². The molecule has 1 atom stereocenters. The summed E-state index contributed by atoms with van der Waals surface area (Å²) in [6.45, 7) is 3.68. The minimum atomic E-state index is 0.208. The minimum absolute atomic E-state index is 0.208. The molecule has 1 aromatic carbocycles. The highest BCUT2D eigenvalue weighted by Gasteiger charge is 2.03. The molecule has 0 bridgehead atoms. The summed E-state index contributed by atoms with van der Waals surface area (Å²) in [7, 11) is 2.14. The number of rotatable bonds is 6. The molecule has 0 aliphatic rings. The van der Waals surface area contributed by atoms with Crippen LogP contribution in [0.5, 0.6) is 0 Å². The van der Waals surface area contributed by atoms with Crippen molar-refractivity contribution in [2.24, 2.45) is 11.5 Å². The van der Waals surface area contributed by atoms with Crippen molar-refractivity contribution in [1.82, 2.24) is 0 Å². The standard InChI is InChI=1S/C12H20N2S2/c1-11(12-5-3-2-4-6-12)16(10-8-14)15-9-7-13/h2-6H,7-10,13-14H2,1H3. The molecule has 1 rings (SSSR count). The van der Waals surface area contributed by atoms with Crippen LogP contribution in [0.4, 0.5) is 0 Å². The van der Waals surface area contributed by atoms with E-state index in [-0.39, 0.29) is 9.52 Å². The third-order valence-electron chi connectivity index (χ3n) is 2.17. The fourth-order valence-corrected chi connectivity index (χ4v) is 5.23. The van der Waals surface area contributed by atoms with Gasteiger partial charge in [0.1, 0.15) is 0 Å². The van der Waals surface area contributed by atoms with E-state index in [2.05, 4.69) is 31.2 Å². The third-order valence-corrected chi connectivity index (χ3v) is 6.98. The van der Waals surface area contributed by atoms with Gasteiger partial charge in [0.05, 0.1) is 0 Å². The van der Waals surface area contributed by atoms with Gasteiger partial charge < -0.3 is 11.5 Å². The highest BCUT2D eigenvalue weighted by Crippen LogP contribution is 2.33. The van der Waals surface area contributed by atoms with E-state index in [9.17, 15) is 0 Å². The fourth-order valence-electron chi connectivity index (χ4n) is 1.36. The summed E-state index contributed by atoms with van der Waals surface area (Å²) < 4.78 is 0. The molecule has 4 N–H and O–H groups in total. The van der Waals surface area contributed by atoms with Gasteiger partial charge >= 0.3 is 0 Å². The topological polar surface area (TPSA) is 52.0 Å². The van der Waals surface area contributed by atoms with Crippen LogP contribution in [0.15, 0.2) is 30.3 Å². The maximum absolute atomic E-state index is 5.67. The van der Waals surface area contributed by atoms with E-state index in [1.54, 1.807) is 0 Å². The summed E-state index contributed by atoms with van der Waals surface area (Å²) in [5.41, 5.74) is 12.5. The van der Waals surface area contributed by atoms with E-state index >= 15 is 0 Å². The van der Waals surface area contributed by atoms with Crippen LogP contribution in [-0.4, -0.2) is 29.5 Å². The van der Waals surface area contributed by atoms with Crippen LogP contribution in [0.2, 0.25) is 0 Å². The smallest absolute Gasteiger partial charge is 0.0156 e. The summed E-state index contributed by atoms with van der Waals surface area (Å²) in [6.07, 6.45) is 0. The van der Waals surface area contributed by atoms with Gasteiger partial charge in [-0.15, -0.1) is 9.52 Å². The van der Waals surface area contributed by atoms with Gasteiger partial charge in [0.2, 0.25) is 0 Å². The van der Waals surface area contributed by atoms with Crippen LogP contribution >= 0.6 is 20.3 Å². The molecular weight excluding hydrogens is 236 g/mol. The second kappa shape index (κ2) is 7.90. The molecule has 0 fully saturated rings. The predicted octanol–water partition coefficient (Wildman–Crippen LogP) is 2.06. The van der Waals surface area contributed by atoms with Gasteiger partial charge in [-0.25, -0.2) is 0 Å². The van der Waals surface area contributed by atoms with Gasteiger partial charge in [-0.05, 0) is 17.4 Å². The predicted molar refractivity (Wildman–Crippen MR) is 79.2 cm³/mol. The molecule has 0 saturated carbocycles. The Hall–Kier alpha value is -0.290. The zero-order chi connectivity index (χ0) is 11.8. The van der Waals surface area contributed by atoms with Crippen molar-refractivity contribution in [3.63, 3.8) is 0 Å². The van der Waals surface area contributed by atoms with E-state index in [1.807, 2.05) is 16.9 Å². The molecule has 4 heteroatoms. The molecule has 0 aliphatic carbocycles. The van der Waals surface area contributed by atoms with Crippen molar-refractivity contribution in [2.75, 3.05) is 24.6 Å². The third kappa shape index (κ3) is 4.29. The van der Waals surface area contributed by atoms with Gasteiger partial charge in [0.25, 0.3) is 0 Å². The highest BCUT2D eigenvalue weighted by atomic mass is 33.1. The SMILES string of the molecule is CC(c1ccccc1)=S(CCN)SCCN. The first kappa shape index (κ1) is 13.8. The van der Waals surface area contributed by atoms with E-state index < -0.39 is 0 Å². The van der Waals surface area contributed by atoms with E-state index in [0.29, 0.717) is 0 Å². The quantitative estimate of drug-likeness (QED) is 0.465. The first-order valence-electron chi connectivity index (χ1n) is 5.43. The molecule has 16 heavy (non-hydrogen) atoms. The molecule has 90 valence electrons. The van der Waals surface area contributed by atoms with Crippen LogP contribution < -0.4 is 11.5 Å². The van der Waals surface area contributed by atoms with Crippen LogP contribution in [0.3, 0.4) is 0 Å². The maximum Gasteiger partial charge on any atom is 0.0156 e. The summed E-state index contributed by atoms with van der Waals surface area (Å²) in [4.78, 5) is 1.43. The molecule has 0 spiro atoms. The average molecular weight is 256 g/mol. The van der Waals surface area contributed by atoms with Crippen LogP contribution in [0.1, 0.15) is 12.5 Å². The van der Waals surface area contributed by atoms with E-state index in [0.717, 1.165) is 24.6 Å². The van der Waals surface area contributed by atoms with Crippen molar-refractivity contribution >= 4 is 25.2 Å². The first-order chi connectivity index (χ1) is 7.79. The van der Waals surface area contributed by atoms with Gasteiger partial charge in [-0.3, -0.25) is 0 Å². The van der Waals surface area contributed by atoms with Gasteiger partial charge in [0.15, 0.2) is 0 Å². The highest BCUT2D eigenvalue weighted by molar-refractivity contribution is 8.84. The summed E-state index contributed by atoms with van der Waals surface area (Å²) in [6, 6.07) is 10.5. The molecule has 0 aromatic heterocycles. The second-order valence-electron chi connectivity index (χ2n) is 3.37. The Bertz CT molecular complexity index is 336. The molecule has 0 amide bonds.